The summed E-state index contributed by atoms with van der Waals surface area (Å²) in [5.74, 6) is 0.316. The van der Waals surface area contributed by atoms with E-state index in [9.17, 15) is 4.79 Å². The molecule has 0 radical (unpaired) electrons. The van der Waals surface area contributed by atoms with Crippen molar-refractivity contribution < 1.29 is 9.53 Å². The van der Waals surface area contributed by atoms with Crippen molar-refractivity contribution >= 4 is 17.6 Å². The molecule has 0 saturated carbocycles. The van der Waals surface area contributed by atoms with Gasteiger partial charge in [-0.15, -0.1) is 0 Å². The molecule has 1 rings (SSSR count). The molecule has 0 aromatic carbocycles. The number of esters is 1. The lowest BCUT2D eigenvalue weighted by molar-refractivity contribution is 0.0602. The quantitative estimate of drug-likeness (QED) is 0.715. The van der Waals surface area contributed by atoms with Crippen LogP contribution in [0.2, 0.25) is 0 Å². The van der Waals surface area contributed by atoms with Crippen LogP contribution < -0.4 is 10.6 Å². The van der Waals surface area contributed by atoms with Gasteiger partial charge < -0.3 is 15.4 Å². The van der Waals surface area contributed by atoms with Crippen LogP contribution in [-0.2, 0) is 4.74 Å². The first-order valence-electron chi connectivity index (χ1n) is 4.82. The Kier molecular flexibility index (Phi) is 3.54. The zero-order valence-electron chi connectivity index (χ0n) is 9.20. The zero-order valence-corrected chi connectivity index (χ0v) is 9.20. The van der Waals surface area contributed by atoms with Gasteiger partial charge in [0.25, 0.3) is 0 Å². The second kappa shape index (κ2) is 4.68. The average Bonchev–Trinajstić information content (AvgIpc) is 2.61. The van der Waals surface area contributed by atoms with Crippen molar-refractivity contribution in [2.24, 2.45) is 0 Å². The molecule has 3 N–H and O–H groups in total. The van der Waals surface area contributed by atoms with Gasteiger partial charge in [0.1, 0.15) is 11.4 Å². The summed E-state index contributed by atoms with van der Waals surface area (Å²) >= 11 is 0. The number of aromatic nitrogens is 2. The first-order valence-corrected chi connectivity index (χ1v) is 4.82. The normalized spacial score (nSPS) is 10.1. The number of aromatic amines is 1. The van der Waals surface area contributed by atoms with Crippen molar-refractivity contribution in [1.82, 2.24) is 10.2 Å². The summed E-state index contributed by atoms with van der Waals surface area (Å²) in [4.78, 5) is 13.4. The molecule has 6 nitrogen and oxygen atoms in total. The van der Waals surface area contributed by atoms with Gasteiger partial charge in [0.15, 0.2) is 5.82 Å². The van der Waals surface area contributed by atoms with E-state index in [4.69, 9.17) is 5.73 Å². The number of H-pyrrole nitrogens is 1. The van der Waals surface area contributed by atoms with Crippen LogP contribution in [0.4, 0.5) is 11.6 Å². The highest BCUT2D eigenvalue weighted by molar-refractivity contribution is 5.99. The van der Waals surface area contributed by atoms with Crippen molar-refractivity contribution in [2.45, 2.75) is 13.8 Å². The Labute approximate surface area is 88.4 Å². The fourth-order valence-corrected chi connectivity index (χ4v) is 1.40. The van der Waals surface area contributed by atoms with Gasteiger partial charge in [-0.2, -0.15) is 5.10 Å². The van der Waals surface area contributed by atoms with E-state index in [2.05, 4.69) is 14.9 Å². The van der Waals surface area contributed by atoms with Crippen molar-refractivity contribution in [2.75, 3.05) is 30.8 Å². The molecule has 1 heterocycles. The van der Waals surface area contributed by atoms with Gasteiger partial charge in [0.2, 0.25) is 0 Å². The fourth-order valence-electron chi connectivity index (χ4n) is 1.40. The number of nitrogen functional groups attached to an aromatic ring is 1. The lowest BCUT2D eigenvalue weighted by atomic mass is 10.3. The number of carbonyl (C=O) groups is 1. The van der Waals surface area contributed by atoms with E-state index in [0.717, 1.165) is 13.1 Å². The summed E-state index contributed by atoms with van der Waals surface area (Å²) in [6, 6.07) is 0. The highest BCUT2D eigenvalue weighted by Crippen LogP contribution is 2.23. The molecule has 0 bridgehead atoms. The smallest absolute Gasteiger partial charge is 0.345 e. The van der Waals surface area contributed by atoms with Crippen molar-refractivity contribution in [3.8, 4) is 0 Å². The molecule has 0 saturated heterocycles. The highest BCUT2D eigenvalue weighted by atomic mass is 16.5. The Morgan fingerprint density at radius 1 is 1.53 bits per heavy atom. The molecule has 1 aromatic rings. The number of carbonyl (C=O) groups excluding carboxylic acids is 1. The molecule has 0 aliphatic rings. The third kappa shape index (κ3) is 2.03. The largest absolute Gasteiger partial charge is 0.465 e. The van der Waals surface area contributed by atoms with Gasteiger partial charge in [-0.25, -0.2) is 4.79 Å². The summed E-state index contributed by atoms with van der Waals surface area (Å²) in [5, 5.41) is 6.59. The van der Waals surface area contributed by atoms with E-state index in [0.29, 0.717) is 11.4 Å². The molecule has 0 atom stereocenters. The van der Waals surface area contributed by atoms with E-state index in [1.807, 2.05) is 18.7 Å². The van der Waals surface area contributed by atoms with Crippen LogP contribution in [0.5, 0.6) is 0 Å². The van der Waals surface area contributed by atoms with Crippen LogP contribution in [0.3, 0.4) is 0 Å². The summed E-state index contributed by atoms with van der Waals surface area (Å²) in [7, 11) is 1.32. The van der Waals surface area contributed by atoms with Crippen LogP contribution in [0.15, 0.2) is 0 Å². The van der Waals surface area contributed by atoms with Gasteiger partial charge >= 0.3 is 5.97 Å². The molecule has 0 aliphatic heterocycles. The minimum atomic E-state index is -0.469. The Balaban J connectivity index is 3.13. The second-order valence-electron chi connectivity index (χ2n) is 3.00. The molecular formula is C9H16N4O2. The maximum Gasteiger partial charge on any atom is 0.345 e. The predicted molar refractivity (Wildman–Crippen MR) is 57.9 cm³/mol. The predicted octanol–water partition coefficient (Wildman–Crippen LogP) is 0.625. The molecule has 15 heavy (non-hydrogen) atoms. The van der Waals surface area contributed by atoms with E-state index in [1.54, 1.807) is 0 Å². The molecule has 0 aliphatic carbocycles. The van der Waals surface area contributed by atoms with Gasteiger partial charge in [0.05, 0.1) is 7.11 Å². The lowest BCUT2D eigenvalue weighted by Crippen LogP contribution is -2.24. The topological polar surface area (TPSA) is 84.2 Å². The van der Waals surface area contributed by atoms with Crippen LogP contribution in [0, 0.1) is 0 Å². The van der Waals surface area contributed by atoms with Gasteiger partial charge in [-0.3, -0.25) is 5.10 Å². The molecule has 84 valence electrons. The third-order valence-electron chi connectivity index (χ3n) is 2.23. The lowest BCUT2D eigenvalue weighted by Gasteiger charge is -2.18. The Morgan fingerprint density at radius 3 is 2.60 bits per heavy atom. The first kappa shape index (κ1) is 11.4. The van der Waals surface area contributed by atoms with Gasteiger partial charge in [0, 0.05) is 13.1 Å². The van der Waals surface area contributed by atoms with Gasteiger partial charge in [-0.05, 0) is 13.8 Å². The Bertz CT molecular complexity index is 344. The van der Waals surface area contributed by atoms with Crippen LogP contribution in [0.25, 0.3) is 0 Å². The Hall–Kier alpha value is -1.72. The molecule has 1 aromatic heterocycles. The zero-order chi connectivity index (χ0) is 11.4. The standard InChI is InChI=1S/C9H16N4O2/c1-4-13(5-2)8-6(9(14)15-3)7(10)11-12-8/h4-5H2,1-3H3,(H3,10,11,12). The van der Waals surface area contributed by atoms with Crippen LogP contribution in [-0.4, -0.2) is 36.4 Å². The maximum atomic E-state index is 11.5. The molecule has 0 fully saturated rings. The first-order chi connectivity index (χ1) is 7.15. The minimum Gasteiger partial charge on any atom is -0.465 e. The van der Waals surface area contributed by atoms with E-state index >= 15 is 0 Å². The number of methoxy groups -OCH3 is 1. The third-order valence-corrected chi connectivity index (χ3v) is 2.23. The average molecular weight is 212 g/mol. The summed E-state index contributed by atoms with van der Waals surface area (Å²) in [5.41, 5.74) is 5.93. The Morgan fingerprint density at radius 2 is 2.13 bits per heavy atom. The van der Waals surface area contributed by atoms with Gasteiger partial charge in [-0.1, -0.05) is 0 Å². The molecular weight excluding hydrogens is 196 g/mol. The van der Waals surface area contributed by atoms with Crippen molar-refractivity contribution in [1.29, 1.82) is 0 Å². The van der Waals surface area contributed by atoms with Crippen molar-refractivity contribution in [3.63, 3.8) is 0 Å². The number of nitrogens with zero attached hydrogens (tertiary/aromatic N) is 2. The van der Waals surface area contributed by atoms with E-state index in [-0.39, 0.29) is 5.82 Å². The summed E-state index contributed by atoms with van der Waals surface area (Å²) in [6.45, 7) is 5.47. The number of hydrogen-bond donors (Lipinski definition) is 2. The number of ether oxygens (including phenoxy) is 1. The molecule has 0 amide bonds. The fraction of sp³-hybridized carbons (Fsp3) is 0.556. The highest BCUT2D eigenvalue weighted by Gasteiger charge is 2.22. The molecule has 6 heteroatoms. The van der Waals surface area contributed by atoms with Crippen molar-refractivity contribution in [3.05, 3.63) is 5.56 Å². The maximum absolute atomic E-state index is 11.5. The summed E-state index contributed by atoms with van der Waals surface area (Å²) in [6.07, 6.45) is 0. The molecule has 0 unspecified atom stereocenters. The number of nitrogens with two attached hydrogens (primary N) is 1. The van der Waals surface area contributed by atoms with E-state index in [1.165, 1.54) is 7.11 Å². The van der Waals surface area contributed by atoms with Crippen LogP contribution in [0.1, 0.15) is 24.2 Å². The number of nitrogens with one attached hydrogen (secondary N) is 1. The second-order valence-corrected chi connectivity index (χ2v) is 3.00. The monoisotopic (exact) mass is 212 g/mol. The minimum absolute atomic E-state index is 0.240. The SMILES string of the molecule is CCN(CC)c1n[nH]c(N)c1C(=O)OC. The number of rotatable bonds is 4. The molecule has 0 spiro atoms. The summed E-state index contributed by atoms with van der Waals surface area (Å²) < 4.78 is 4.65. The number of hydrogen-bond acceptors (Lipinski definition) is 5. The number of anilines is 2. The van der Waals surface area contributed by atoms with E-state index < -0.39 is 5.97 Å². The van der Waals surface area contributed by atoms with Crippen LogP contribution >= 0.6 is 0 Å².